The molecule has 0 radical (unpaired) electrons. The van der Waals surface area contributed by atoms with Crippen molar-refractivity contribution in [3.63, 3.8) is 0 Å². The number of amides is 1. The molecule has 138 valence electrons. The zero-order valence-corrected chi connectivity index (χ0v) is 15.7. The van der Waals surface area contributed by atoms with E-state index >= 15 is 0 Å². The van der Waals surface area contributed by atoms with Crippen LogP contribution in [0.1, 0.15) is 58.1 Å². The Morgan fingerprint density at radius 3 is 2.73 bits per heavy atom. The number of hydrogen-bond donors (Lipinski definition) is 1. The lowest BCUT2D eigenvalue weighted by molar-refractivity contribution is 0.0513. The van der Waals surface area contributed by atoms with Crippen LogP contribution in [0.3, 0.4) is 0 Å². The third-order valence-corrected chi connectivity index (χ3v) is 4.78. The second kappa shape index (κ2) is 7.36. The van der Waals surface area contributed by atoms with E-state index in [1.807, 2.05) is 43.7 Å². The molecule has 3 rings (SSSR count). The molecule has 0 bridgehead atoms. The van der Waals surface area contributed by atoms with Gasteiger partial charge in [0.2, 0.25) is 0 Å². The lowest BCUT2D eigenvalue weighted by Crippen LogP contribution is -2.36. The van der Waals surface area contributed by atoms with Crippen LogP contribution in [0, 0.1) is 17.2 Å². The molecule has 0 saturated heterocycles. The molecule has 2 aromatic rings. The van der Waals surface area contributed by atoms with Crippen molar-refractivity contribution in [2.45, 2.75) is 58.1 Å². The van der Waals surface area contributed by atoms with Crippen molar-refractivity contribution in [3.05, 3.63) is 30.0 Å². The monoisotopic (exact) mass is 354 g/mol. The predicted octanol–water partition coefficient (Wildman–Crippen LogP) is 4.16. The van der Waals surface area contributed by atoms with Crippen LogP contribution in [0.2, 0.25) is 0 Å². The number of nitrogens with zero attached hydrogens (tertiary/aromatic N) is 3. The Morgan fingerprint density at radius 2 is 2.08 bits per heavy atom. The standard InChI is InChI=1S/C20H26N4O2/c1-20(2,3)26-19(25)22-12-14-5-8-17(9-6-14)24-13-16-7-4-15(11-21)10-18(16)23-24/h4,7,10,13-14,17H,5-6,8-9,12H2,1-3H3,(H,22,25). The van der Waals surface area contributed by atoms with E-state index in [-0.39, 0.29) is 6.09 Å². The van der Waals surface area contributed by atoms with Crippen LogP contribution >= 0.6 is 0 Å². The first-order valence-electron chi connectivity index (χ1n) is 9.20. The summed E-state index contributed by atoms with van der Waals surface area (Å²) in [6.45, 7) is 6.26. The topological polar surface area (TPSA) is 79.9 Å². The fraction of sp³-hybridized carbons (Fsp3) is 0.550. The maximum Gasteiger partial charge on any atom is 0.407 e. The molecule has 1 fully saturated rings. The summed E-state index contributed by atoms with van der Waals surface area (Å²) in [5.41, 5.74) is 1.05. The number of nitriles is 1. The van der Waals surface area contributed by atoms with E-state index in [0.717, 1.165) is 36.6 Å². The number of carbonyl (C=O) groups excluding carboxylic acids is 1. The maximum atomic E-state index is 11.8. The van der Waals surface area contributed by atoms with E-state index in [9.17, 15) is 4.79 Å². The third kappa shape index (κ3) is 4.54. The average Bonchev–Trinajstić information content (AvgIpc) is 3.02. The summed E-state index contributed by atoms with van der Waals surface area (Å²) in [4.78, 5) is 11.8. The van der Waals surface area contributed by atoms with Gasteiger partial charge in [-0.3, -0.25) is 4.68 Å². The van der Waals surface area contributed by atoms with Crippen molar-refractivity contribution in [1.29, 1.82) is 5.26 Å². The minimum atomic E-state index is -0.463. The largest absolute Gasteiger partial charge is 0.444 e. The fourth-order valence-electron chi connectivity index (χ4n) is 3.45. The molecule has 0 unspecified atom stereocenters. The Hall–Kier alpha value is -2.55. The minimum Gasteiger partial charge on any atom is -0.444 e. The van der Waals surface area contributed by atoms with E-state index in [2.05, 4.69) is 22.7 Å². The molecule has 1 aromatic carbocycles. The van der Waals surface area contributed by atoms with Gasteiger partial charge in [0.05, 0.1) is 23.2 Å². The smallest absolute Gasteiger partial charge is 0.407 e. The van der Waals surface area contributed by atoms with Crippen LogP contribution in [0.25, 0.3) is 10.9 Å². The number of hydrogen-bond acceptors (Lipinski definition) is 4. The molecule has 1 aromatic heterocycles. The molecule has 1 aliphatic rings. The zero-order chi connectivity index (χ0) is 18.7. The van der Waals surface area contributed by atoms with Gasteiger partial charge in [0.25, 0.3) is 0 Å². The van der Waals surface area contributed by atoms with Crippen LogP contribution in [-0.2, 0) is 4.74 Å². The SMILES string of the molecule is CC(C)(C)OC(=O)NCC1CCC(n2cc3ccc(C#N)cc3n2)CC1. The number of fused-ring (bicyclic) bond motifs is 1. The van der Waals surface area contributed by atoms with Gasteiger partial charge in [-0.25, -0.2) is 4.79 Å². The zero-order valence-electron chi connectivity index (χ0n) is 15.7. The highest BCUT2D eigenvalue weighted by Crippen LogP contribution is 2.32. The van der Waals surface area contributed by atoms with E-state index in [4.69, 9.17) is 10.00 Å². The normalized spacial score (nSPS) is 20.5. The first-order valence-corrected chi connectivity index (χ1v) is 9.20. The van der Waals surface area contributed by atoms with Crippen molar-refractivity contribution in [3.8, 4) is 6.07 Å². The number of rotatable bonds is 3. The molecule has 0 atom stereocenters. The summed E-state index contributed by atoms with van der Waals surface area (Å²) in [6.07, 6.45) is 5.92. The van der Waals surface area contributed by atoms with Crippen LogP contribution in [0.5, 0.6) is 0 Å². The molecular weight excluding hydrogens is 328 g/mol. The van der Waals surface area contributed by atoms with Gasteiger partial charge in [0.15, 0.2) is 0 Å². The summed E-state index contributed by atoms with van der Waals surface area (Å²) in [7, 11) is 0. The molecule has 1 amide bonds. The Bertz CT molecular complexity index is 820. The molecule has 1 N–H and O–H groups in total. The van der Waals surface area contributed by atoms with Crippen molar-refractivity contribution < 1.29 is 9.53 Å². The maximum absolute atomic E-state index is 11.8. The molecule has 6 nitrogen and oxygen atoms in total. The first-order chi connectivity index (χ1) is 12.3. The number of benzene rings is 1. The average molecular weight is 354 g/mol. The Kier molecular flexibility index (Phi) is 5.17. The lowest BCUT2D eigenvalue weighted by Gasteiger charge is -2.29. The van der Waals surface area contributed by atoms with Gasteiger partial charge >= 0.3 is 6.09 Å². The summed E-state index contributed by atoms with van der Waals surface area (Å²) in [5, 5.41) is 17.6. The third-order valence-electron chi connectivity index (χ3n) is 4.78. The molecular formula is C20H26N4O2. The predicted molar refractivity (Wildman–Crippen MR) is 99.7 cm³/mol. The summed E-state index contributed by atoms with van der Waals surface area (Å²) in [6, 6.07) is 8.15. The van der Waals surface area contributed by atoms with E-state index in [0.29, 0.717) is 24.1 Å². The quantitative estimate of drug-likeness (QED) is 0.897. The summed E-state index contributed by atoms with van der Waals surface area (Å²) in [5.74, 6) is 0.480. The van der Waals surface area contributed by atoms with Crippen LogP contribution in [0.4, 0.5) is 4.79 Å². The molecule has 6 heteroatoms. The number of aromatic nitrogens is 2. The number of ether oxygens (including phenoxy) is 1. The highest BCUT2D eigenvalue weighted by Gasteiger charge is 2.24. The van der Waals surface area contributed by atoms with Crippen LogP contribution < -0.4 is 5.32 Å². The molecule has 0 aliphatic heterocycles. The molecule has 1 aliphatic carbocycles. The summed E-state index contributed by atoms with van der Waals surface area (Å²) >= 11 is 0. The van der Waals surface area contributed by atoms with Crippen LogP contribution in [0.15, 0.2) is 24.4 Å². The highest BCUT2D eigenvalue weighted by molar-refractivity contribution is 5.79. The fourth-order valence-corrected chi connectivity index (χ4v) is 3.45. The van der Waals surface area contributed by atoms with Crippen molar-refractivity contribution in [2.24, 2.45) is 5.92 Å². The molecule has 0 spiro atoms. The summed E-state index contributed by atoms with van der Waals surface area (Å²) < 4.78 is 7.33. The van der Waals surface area contributed by atoms with E-state index < -0.39 is 5.60 Å². The first kappa shape index (κ1) is 18.2. The number of carbonyl (C=O) groups is 1. The Labute approximate surface area is 154 Å². The Morgan fingerprint density at radius 1 is 1.35 bits per heavy atom. The highest BCUT2D eigenvalue weighted by atomic mass is 16.6. The second-order valence-corrected chi connectivity index (χ2v) is 8.05. The number of alkyl carbamates (subject to hydrolysis) is 1. The lowest BCUT2D eigenvalue weighted by atomic mass is 9.86. The van der Waals surface area contributed by atoms with Gasteiger partial charge < -0.3 is 10.1 Å². The van der Waals surface area contributed by atoms with Gasteiger partial charge in [-0.1, -0.05) is 0 Å². The van der Waals surface area contributed by atoms with Crippen molar-refractivity contribution in [1.82, 2.24) is 15.1 Å². The van der Waals surface area contributed by atoms with E-state index in [1.54, 1.807) is 0 Å². The molecule has 1 heterocycles. The number of nitrogens with one attached hydrogen (secondary N) is 1. The second-order valence-electron chi connectivity index (χ2n) is 8.05. The van der Waals surface area contributed by atoms with Gasteiger partial charge in [0.1, 0.15) is 5.60 Å². The van der Waals surface area contributed by atoms with Gasteiger partial charge in [0, 0.05) is 18.1 Å². The Balaban J connectivity index is 1.52. The van der Waals surface area contributed by atoms with Gasteiger partial charge in [-0.05, 0) is 70.6 Å². The molecule has 1 saturated carbocycles. The van der Waals surface area contributed by atoms with Gasteiger partial charge in [-0.15, -0.1) is 0 Å². The van der Waals surface area contributed by atoms with E-state index in [1.165, 1.54) is 0 Å². The van der Waals surface area contributed by atoms with Gasteiger partial charge in [-0.2, -0.15) is 10.4 Å². The minimum absolute atomic E-state index is 0.341. The molecule has 26 heavy (non-hydrogen) atoms. The van der Waals surface area contributed by atoms with Crippen LogP contribution in [-0.4, -0.2) is 28.0 Å². The van der Waals surface area contributed by atoms with Crippen molar-refractivity contribution in [2.75, 3.05) is 6.54 Å². The van der Waals surface area contributed by atoms with Crippen molar-refractivity contribution >= 4 is 17.0 Å².